The molecule has 1 aromatic carbocycles. The smallest absolute Gasteiger partial charge is 0.241 e. The Balaban J connectivity index is 3.11. The maximum atomic E-state index is 12.4. The Bertz CT molecular complexity index is 558. The van der Waals surface area contributed by atoms with Crippen molar-refractivity contribution < 1.29 is 8.42 Å². The summed E-state index contributed by atoms with van der Waals surface area (Å²) >= 11 is 0. The second-order valence-corrected chi connectivity index (χ2v) is 8.08. The molecule has 0 saturated carbocycles. The largest absolute Gasteiger partial charge is 0.310 e. The molecule has 2 N–H and O–H groups in total. The van der Waals surface area contributed by atoms with E-state index < -0.39 is 15.6 Å². The van der Waals surface area contributed by atoms with Gasteiger partial charge in [-0.2, -0.15) is 0 Å². The molecule has 0 aromatic heterocycles. The van der Waals surface area contributed by atoms with Gasteiger partial charge in [0.1, 0.15) is 0 Å². The molecule has 20 heavy (non-hydrogen) atoms. The SMILES string of the molecule is Cc1c(CNC(C)C)cccc1S(=O)(=O)NC(C)(C)C. The molecule has 0 radical (unpaired) electrons. The Morgan fingerprint density at radius 1 is 1.20 bits per heavy atom. The predicted octanol–water partition coefficient (Wildman–Crippen LogP) is 2.57. The van der Waals surface area contributed by atoms with Crippen LogP contribution in [-0.4, -0.2) is 20.0 Å². The molecule has 0 heterocycles. The molecular weight excluding hydrogens is 272 g/mol. The van der Waals surface area contributed by atoms with Crippen molar-refractivity contribution in [1.29, 1.82) is 0 Å². The highest BCUT2D eigenvalue weighted by Crippen LogP contribution is 2.20. The summed E-state index contributed by atoms with van der Waals surface area (Å²) in [7, 11) is -3.49. The molecular formula is C15H26N2O2S. The molecule has 0 aliphatic carbocycles. The number of hydrogen-bond donors (Lipinski definition) is 2. The Hall–Kier alpha value is -0.910. The van der Waals surface area contributed by atoms with Gasteiger partial charge in [-0.1, -0.05) is 26.0 Å². The minimum Gasteiger partial charge on any atom is -0.310 e. The van der Waals surface area contributed by atoms with E-state index in [4.69, 9.17) is 0 Å². The molecule has 0 amide bonds. The molecule has 1 rings (SSSR count). The van der Waals surface area contributed by atoms with Crippen LogP contribution in [0.5, 0.6) is 0 Å². The summed E-state index contributed by atoms with van der Waals surface area (Å²) in [4.78, 5) is 0.357. The van der Waals surface area contributed by atoms with Gasteiger partial charge in [0.15, 0.2) is 0 Å². The van der Waals surface area contributed by atoms with Crippen LogP contribution in [0.1, 0.15) is 45.7 Å². The zero-order chi connectivity index (χ0) is 15.6. The summed E-state index contributed by atoms with van der Waals surface area (Å²) in [5.41, 5.74) is 1.32. The van der Waals surface area contributed by atoms with Crippen LogP contribution in [0, 0.1) is 6.92 Å². The van der Waals surface area contributed by atoms with Crippen LogP contribution in [0.25, 0.3) is 0 Å². The summed E-state index contributed by atoms with van der Waals surface area (Å²) in [6, 6.07) is 5.77. The van der Waals surface area contributed by atoms with Crippen LogP contribution >= 0.6 is 0 Å². The van der Waals surface area contributed by atoms with Gasteiger partial charge in [-0.3, -0.25) is 0 Å². The Kier molecular flexibility index (Phi) is 5.35. The van der Waals surface area contributed by atoms with Gasteiger partial charge in [-0.15, -0.1) is 0 Å². The third-order valence-electron chi connectivity index (χ3n) is 2.83. The molecule has 0 aliphatic heterocycles. The fourth-order valence-electron chi connectivity index (χ4n) is 1.91. The van der Waals surface area contributed by atoms with Gasteiger partial charge >= 0.3 is 0 Å². The van der Waals surface area contributed by atoms with Gasteiger partial charge in [-0.05, 0) is 44.9 Å². The maximum Gasteiger partial charge on any atom is 0.241 e. The van der Waals surface area contributed by atoms with E-state index in [9.17, 15) is 8.42 Å². The molecule has 0 fully saturated rings. The summed E-state index contributed by atoms with van der Waals surface area (Å²) in [5.74, 6) is 0. The first-order chi connectivity index (χ1) is 9.03. The highest BCUT2D eigenvalue weighted by Gasteiger charge is 2.24. The van der Waals surface area contributed by atoms with Crippen molar-refractivity contribution >= 4 is 10.0 Å². The van der Waals surface area contributed by atoms with Crippen molar-refractivity contribution in [3.63, 3.8) is 0 Å². The molecule has 0 aliphatic rings. The first kappa shape index (κ1) is 17.1. The molecule has 1 aromatic rings. The van der Waals surface area contributed by atoms with Gasteiger partial charge in [0.25, 0.3) is 0 Å². The van der Waals surface area contributed by atoms with E-state index >= 15 is 0 Å². The molecule has 0 spiro atoms. The van der Waals surface area contributed by atoms with Gasteiger partial charge < -0.3 is 5.32 Å². The number of benzene rings is 1. The number of nitrogens with one attached hydrogen (secondary N) is 2. The van der Waals surface area contributed by atoms with E-state index in [1.54, 1.807) is 12.1 Å². The van der Waals surface area contributed by atoms with Crippen molar-refractivity contribution in [2.75, 3.05) is 0 Å². The quantitative estimate of drug-likeness (QED) is 0.878. The summed E-state index contributed by atoms with van der Waals surface area (Å²) in [6.07, 6.45) is 0. The standard InChI is InChI=1S/C15H26N2O2S/c1-11(2)16-10-13-8-7-9-14(12(13)3)20(18,19)17-15(4,5)6/h7-9,11,16-17H,10H2,1-6H3. The van der Waals surface area contributed by atoms with Crippen LogP contribution in [-0.2, 0) is 16.6 Å². The second kappa shape index (κ2) is 6.24. The van der Waals surface area contributed by atoms with Crippen molar-refractivity contribution in [2.45, 2.75) is 64.6 Å². The van der Waals surface area contributed by atoms with Crippen molar-refractivity contribution in [3.8, 4) is 0 Å². The van der Waals surface area contributed by atoms with Gasteiger partial charge in [-0.25, -0.2) is 13.1 Å². The van der Waals surface area contributed by atoms with Crippen molar-refractivity contribution in [2.24, 2.45) is 0 Å². The van der Waals surface area contributed by atoms with Gasteiger partial charge in [0.2, 0.25) is 10.0 Å². The van der Waals surface area contributed by atoms with E-state index in [2.05, 4.69) is 23.9 Å². The van der Waals surface area contributed by atoms with Crippen LogP contribution in [0.15, 0.2) is 23.1 Å². The highest BCUT2D eigenvalue weighted by atomic mass is 32.2. The molecule has 0 unspecified atom stereocenters. The highest BCUT2D eigenvalue weighted by molar-refractivity contribution is 7.89. The lowest BCUT2D eigenvalue weighted by Crippen LogP contribution is -2.40. The van der Waals surface area contributed by atoms with Crippen LogP contribution < -0.4 is 10.0 Å². The third-order valence-corrected chi connectivity index (χ3v) is 4.73. The lowest BCUT2D eigenvalue weighted by molar-refractivity contribution is 0.491. The zero-order valence-electron chi connectivity index (χ0n) is 13.2. The van der Waals surface area contributed by atoms with Gasteiger partial charge in [0, 0.05) is 18.1 Å². The molecule has 0 atom stereocenters. The Morgan fingerprint density at radius 2 is 1.80 bits per heavy atom. The van der Waals surface area contributed by atoms with Crippen LogP contribution in [0.3, 0.4) is 0 Å². The average Bonchev–Trinajstić information content (AvgIpc) is 2.23. The molecule has 4 nitrogen and oxygen atoms in total. The maximum absolute atomic E-state index is 12.4. The fraction of sp³-hybridized carbons (Fsp3) is 0.600. The summed E-state index contributed by atoms with van der Waals surface area (Å²) in [6.45, 7) is 12.2. The normalized spacial score (nSPS) is 12.9. The fourth-order valence-corrected chi connectivity index (χ4v) is 3.62. The molecule has 114 valence electrons. The van der Waals surface area contributed by atoms with Crippen LogP contribution in [0.4, 0.5) is 0 Å². The van der Waals surface area contributed by atoms with Crippen molar-refractivity contribution in [3.05, 3.63) is 29.3 Å². The first-order valence-electron chi connectivity index (χ1n) is 6.89. The second-order valence-electron chi connectivity index (χ2n) is 6.43. The number of sulfonamides is 1. The summed E-state index contributed by atoms with van der Waals surface area (Å²) < 4.78 is 27.6. The number of hydrogen-bond acceptors (Lipinski definition) is 3. The third kappa shape index (κ3) is 4.89. The zero-order valence-corrected chi connectivity index (χ0v) is 14.1. The Morgan fingerprint density at radius 3 is 2.30 bits per heavy atom. The average molecular weight is 298 g/mol. The molecule has 0 saturated heterocycles. The lowest BCUT2D eigenvalue weighted by atomic mass is 10.1. The first-order valence-corrected chi connectivity index (χ1v) is 8.37. The minimum absolute atomic E-state index is 0.357. The Labute approximate surface area is 123 Å². The van der Waals surface area contributed by atoms with Crippen molar-refractivity contribution in [1.82, 2.24) is 10.0 Å². The van der Waals surface area contributed by atoms with E-state index in [1.165, 1.54) is 0 Å². The molecule has 5 heteroatoms. The van der Waals surface area contributed by atoms with E-state index in [-0.39, 0.29) is 0 Å². The van der Waals surface area contributed by atoms with E-state index in [1.807, 2.05) is 33.8 Å². The topological polar surface area (TPSA) is 58.2 Å². The van der Waals surface area contributed by atoms with E-state index in [0.717, 1.165) is 11.1 Å². The van der Waals surface area contributed by atoms with E-state index in [0.29, 0.717) is 17.5 Å². The predicted molar refractivity (Wildman–Crippen MR) is 83.2 cm³/mol. The lowest BCUT2D eigenvalue weighted by Gasteiger charge is -2.22. The monoisotopic (exact) mass is 298 g/mol. The van der Waals surface area contributed by atoms with Gasteiger partial charge in [0.05, 0.1) is 4.90 Å². The summed E-state index contributed by atoms with van der Waals surface area (Å²) in [5, 5.41) is 3.31. The number of rotatable bonds is 5. The molecule has 0 bridgehead atoms. The van der Waals surface area contributed by atoms with Crippen LogP contribution in [0.2, 0.25) is 0 Å². The minimum atomic E-state index is -3.49.